The molecule has 0 atom stereocenters. The van der Waals surface area contributed by atoms with E-state index in [-0.39, 0.29) is 18.0 Å². The van der Waals surface area contributed by atoms with Crippen molar-refractivity contribution in [3.8, 4) is 5.75 Å². The summed E-state index contributed by atoms with van der Waals surface area (Å²) in [5.74, 6) is -1.34. The molecule has 1 aliphatic carbocycles. The second-order valence-electron chi connectivity index (χ2n) is 7.73. The van der Waals surface area contributed by atoms with Crippen molar-refractivity contribution < 1.29 is 32.3 Å². The van der Waals surface area contributed by atoms with E-state index in [9.17, 15) is 27.6 Å². The minimum Gasteiger partial charge on any atom is -0.405 e. The van der Waals surface area contributed by atoms with Crippen LogP contribution in [0.5, 0.6) is 5.75 Å². The van der Waals surface area contributed by atoms with Gasteiger partial charge in [-0.05, 0) is 18.9 Å². The molecule has 1 spiro atoms. The smallest absolute Gasteiger partial charge is 0.405 e. The van der Waals surface area contributed by atoms with Crippen molar-refractivity contribution in [2.24, 2.45) is 0 Å². The molecule has 4 amide bonds. The van der Waals surface area contributed by atoms with Crippen molar-refractivity contribution in [2.45, 2.75) is 50.6 Å². The number of rotatable bonds is 5. The van der Waals surface area contributed by atoms with Gasteiger partial charge in [0.1, 0.15) is 17.8 Å². The Hall–Kier alpha value is -2.78. The minimum absolute atomic E-state index is 0.158. The third kappa shape index (κ3) is 4.22. The fraction of sp³-hybridized carbons (Fsp3) is 0.550. The van der Waals surface area contributed by atoms with Crippen LogP contribution in [0.15, 0.2) is 24.3 Å². The number of hydrogen-bond donors (Lipinski definition) is 0. The van der Waals surface area contributed by atoms with Gasteiger partial charge < -0.3 is 14.5 Å². The highest BCUT2D eigenvalue weighted by Gasteiger charge is 2.55. The van der Waals surface area contributed by atoms with Crippen molar-refractivity contribution in [1.82, 2.24) is 14.7 Å². The Balaban J connectivity index is 1.69. The molecule has 0 unspecified atom stereocenters. The molecule has 1 saturated heterocycles. The van der Waals surface area contributed by atoms with Crippen molar-refractivity contribution >= 4 is 17.8 Å². The zero-order chi connectivity index (χ0) is 22.1. The van der Waals surface area contributed by atoms with Crippen LogP contribution in [0.3, 0.4) is 0 Å². The van der Waals surface area contributed by atoms with Gasteiger partial charge in [-0.15, -0.1) is 13.2 Å². The number of imide groups is 1. The van der Waals surface area contributed by atoms with Gasteiger partial charge in [0.25, 0.3) is 5.91 Å². The van der Waals surface area contributed by atoms with Crippen LogP contribution >= 0.6 is 0 Å². The lowest BCUT2D eigenvalue weighted by molar-refractivity contribution is -0.275. The molecule has 0 bridgehead atoms. The molecule has 1 heterocycles. The Morgan fingerprint density at radius 2 is 1.80 bits per heavy atom. The van der Waals surface area contributed by atoms with E-state index in [1.807, 2.05) is 0 Å². The molecule has 164 valence electrons. The standard InChI is InChI=1S/C20H24F3N3O4/c1-24(12-14-8-4-5-9-15(14)30-20(21,22)23)16(27)13-26-17(28)19(25(2)18(26)29)10-6-3-7-11-19/h4-5,8-9H,3,6-7,10-13H2,1-2H3. The highest BCUT2D eigenvalue weighted by Crippen LogP contribution is 2.39. The highest BCUT2D eigenvalue weighted by molar-refractivity contribution is 6.08. The number of halogens is 3. The number of para-hydroxylation sites is 1. The van der Waals surface area contributed by atoms with Crippen LogP contribution in [0, 0.1) is 0 Å². The summed E-state index contributed by atoms with van der Waals surface area (Å²) in [6.07, 6.45) is -1.06. The van der Waals surface area contributed by atoms with Crippen LogP contribution in [-0.2, 0) is 16.1 Å². The average molecular weight is 427 g/mol. The zero-order valence-corrected chi connectivity index (χ0v) is 16.9. The molecule has 1 aromatic carbocycles. The van der Waals surface area contributed by atoms with E-state index in [4.69, 9.17) is 0 Å². The Kier molecular flexibility index (Phi) is 5.96. The Morgan fingerprint density at radius 1 is 1.17 bits per heavy atom. The van der Waals surface area contributed by atoms with Gasteiger partial charge in [-0.3, -0.25) is 14.5 Å². The second-order valence-corrected chi connectivity index (χ2v) is 7.73. The van der Waals surface area contributed by atoms with E-state index < -0.39 is 36.1 Å². The molecule has 3 rings (SSSR count). The fourth-order valence-electron chi connectivity index (χ4n) is 4.13. The largest absolute Gasteiger partial charge is 0.573 e. The van der Waals surface area contributed by atoms with Gasteiger partial charge in [-0.25, -0.2) is 4.79 Å². The van der Waals surface area contributed by atoms with Crippen molar-refractivity contribution in [2.75, 3.05) is 20.6 Å². The number of alkyl halides is 3. The van der Waals surface area contributed by atoms with E-state index in [1.165, 1.54) is 35.0 Å². The quantitative estimate of drug-likeness (QED) is 0.677. The van der Waals surface area contributed by atoms with Crippen LogP contribution < -0.4 is 4.74 Å². The fourth-order valence-corrected chi connectivity index (χ4v) is 4.13. The zero-order valence-electron chi connectivity index (χ0n) is 16.9. The summed E-state index contributed by atoms with van der Waals surface area (Å²) in [5.41, 5.74) is -0.730. The van der Waals surface area contributed by atoms with Gasteiger partial charge in [0.15, 0.2) is 0 Å². The van der Waals surface area contributed by atoms with Crippen LogP contribution in [-0.4, -0.2) is 65.1 Å². The van der Waals surface area contributed by atoms with Crippen molar-refractivity contribution in [3.63, 3.8) is 0 Å². The van der Waals surface area contributed by atoms with Gasteiger partial charge in [-0.1, -0.05) is 37.5 Å². The van der Waals surface area contributed by atoms with Crippen LogP contribution in [0.2, 0.25) is 0 Å². The molecular weight excluding hydrogens is 403 g/mol. The maximum Gasteiger partial charge on any atom is 0.573 e. The Bertz CT molecular complexity index is 837. The number of nitrogens with zero attached hydrogens (tertiary/aromatic N) is 3. The molecule has 0 aromatic heterocycles. The maximum atomic E-state index is 13.0. The highest BCUT2D eigenvalue weighted by atomic mass is 19.4. The molecule has 10 heteroatoms. The summed E-state index contributed by atoms with van der Waals surface area (Å²) in [7, 11) is 2.97. The first-order chi connectivity index (χ1) is 14.0. The van der Waals surface area contributed by atoms with Crippen molar-refractivity contribution in [1.29, 1.82) is 0 Å². The number of benzene rings is 1. The topological polar surface area (TPSA) is 70.2 Å². The normalized spacial score (nSPS) is 18.8. The molecule has 1 aromatic rings. The van der Waals surface area contributed by atoms with Gasteiger partial charge in [0.05, 0.1) is 0 Å². The summed E-state index contributed by atoms with van der Waals surface area (Å²) in [4.78, 5) is 41.8. The van der Waals surface area contributed by atoms with E-state index in [0.29, 0.717) is 12.8 Å². The van der Waals surface area contributed by atoms with Crippen LogP contribution in [0.25, 0.3) is 0 Å². The number of ether oxygens (including phenoxy) is 1. The molecule has 7 nitrogen and oxygen atoms in total. The first-order valence-corrected chi connectivity index (χ1v) is 9.72. The van der Waals surface area contributed by atoms with E-state index in [1.54, 1.807) is 7.05 Å². The minimum atomic E-state index is -4.86. The second kappa shape index (κ2) is 8.16. The SMILES string of the molecule is CN(Cc1ccccc1OC(F)(F)F)C(=O)CN1C(=O)N(C)C2(CCCCC2)C1=O. The monoisotopic (exact) mass is 427 g/mol. The van der Waals surface area contributed by atoms with Crippen LogP contribution in [0.1, 0.15) is 37.7 Å². The molecular formula is C20H24F3N3O4. The molecule has 2 fully saturated rings. The van der Waals surface area contributed by atoms with Gasteiger partial charge in [0.2, 0.25) is 5.91 Å². The summed E-state index contributed by atoms with van der Waals surface area (Å²) in [6, 6.07) is 4.99. The van der Waals surface area contributed by atoms with Crippen LogP contribution in [0.4, 0.5) is 18.0 Å². The Labute approximate surface area is 172 Å². The average Bonchev–Trinajstić information content (AvgIpc) is 2.85. The van der Waals surface area contributed by atoms with Gasteiger partial charge in [0, 0.05) is 26.2 Å². The van der Waals surface area contributed by atoms with Gasteiger partial charge >= 0.3 is 12.4 Å². The lowest BCUT2D eigenvalue weighted by Crippen LogP contribution is -2.49. The first kappa shape index (κ1) is 21.9. The number of hydrogen-bond acceptors (Lipinski definition) is 4. The van der Waals surface area contributed by atoms with E-state index in [2.05, 4.69) is 4.74 Å². The molecule has 30 heavy (non-hydrogen) atoms. The Morgan fingerprint density at radius 3 is 2.43 bits per heavy atom. The summed E-state index contributed by atoms with van der Waals surface area (Å²) >= 11 is 0. The van der Waals surface area contributed by atoms with Crippen molar-refractivity contribution in [3.05, 3.63) is 29.8 Å². The van der Waals surface area contributed by atoms with E-state index in [0.717, 1.165) is 30.2 Å². The summed E-state index contributed by atoms with van der Waals surface area (Å²) in [5, 5.41) is 0. The molecule has 1 aliphatic heterocycles. The number of carbonyl (C=O) groups excluding carboxylic acids is 3. The number of likely N-dealkylation sites (N-methyl/N-ethyl adjacent to an activating group) is 2. The summed E-state index contributed by atoms with van der Waals surface area (Å²) < 4.78 is 41.8. The number of amides is 4. The number of carbonyl (C=O) groups is 3. The predicted octanol–water partition coefficient (Wildman–Crippen LogP) is 3.14. The first-order valence-electron chi connectivity index (χ1n) is 9.72. The van der Waals surface area contributed by atoms with E-state index >= 15 is 0 Å². The maximum absolute atomic E-state index is 13.0. The third-order valence-corrected chi connectivity index (χ3v) is 5.81. The number of urea groups is 1. The molecule has 0 N–H and O–H groups in total. The summed E-state index contributed by atoms with van der Waals surface area (Å²) in [6.45, 7) is -0.620. The lowest BCUT2D eigenvalue weighted by atomic mass is 9.81. The van der Waals surface area contributed by atoms with Gasteiger partial charge in [-0.2, -0.15) is 0 Å². The third-order valence-electron chi connectivity index (χ3n) is 5.81. The molecule has 1 saturated carbocycles. The molecule has 2 aliphatic rings. The predicted molar refractivity (Wildman–Crippen MR) is 100 cm³/mol. The molecule has 0 radical (unpaired) electrons. The lowest BCUT2D eigenvalue weighted by Gasteiger charge is -2.35.